The fraction of sp³-hybridized carbons (Fsp3) is 0.200. The highest BCUT2D eigenvalue weighted by molar-refractivity contribution is 6.52. The average Bonchev–Trinajstić information content (AvgIpc) is 3.27. The van der Waals surface area contributed by atoms with E-state index in [-0.39, 0.29) is 17.0 Å². The van der Waals surface area contributed by atoms with Crippen molar-refractivity contribution in [2.45, 2.75) is 12.2 Å². The van der Waals surface area contributed by atoms with Gasteiger partial charge in [-0.2, -0.15) is 18.3 Å². The van der Waals surface area contributed by atoms with Crippen LogP contribution in [0.1, 0.15) is 15.9 Å². The molecule has 2 amide bonds. The number of halogens is 3. The van der Waals surface area contributed by atoms with Crippen LogP contribution in [0.25, 0.3) is 0 Å². The molecule has 0 saturated carbocycles. The Kier molecular flexibility index (Phi) is 4.56. The van der Waals surface area contributed by atoms with Gasteiger partial charge in [-0.25, -0.2) is 4.90 Å². The minimum Gasteiger partial charge on any atom is -0.497 e. The van der Waals surface area contributed by atoms with E-state index in [0.717, 1.165) is 18.2 Å². The number of ether oxygens (including phenoxy) is 1. The van der Waals surface area contributed by atoms with Crippen molar-refractivity contribution >= 4 is 29.0 Å². The van der Waals surface area contributed by atoms with Gasteiger partial charge in [0, 0.05) is 5.56 Å². The second-order valence-corrected chi connectivity index (χ2v) is 6.70. The maximum atomic E-state index is 13.0. The standard InChI is InChI=1S/C20H14F3N3O4/c1-30-13-7-5-10(6-8-13)17(27)15-14-16(25-24-15)19(29)26(18(14)28)12-4-2-3-11(9-12)20(21,22)23/h2-9,14,16,25H,1H3/t14-,16+/m1/s1. The molecular weight excluding hydrogens is 403 g/mol. The molecule has 0 aromatic heterocycles. The number of fused-ring (bicyclic) bond motifs is 1. The number of imide groups is 1. The number of nitrogens with zero attached hydrogens (tertiary/aromatic N) is 2. The van der Waals surface area contributed by atoms with Crippen molar-refractivity contribution in [2.75, 3.05) is 12.0 Å². The Bertz CT molecular complexity index is 1080. The zero-order chi connectivity index (χ0) is 21.6. The third-order valence-electron chi connectivity index (χ3n) is 4.94. The first-order chi connectivity index (χ1) is 14.2. The van der Waals surface area contributed by atoms with E-state index in [1.54, 1.807) is 12.1 Å². The largest absolute Gasteiger partial charge is 0.497 e. The summed E-state index contributed by atoms with van der Waals surface area (Å²) in [5.74, 6) is -2.84. The van der Waals surface area contributed by atoms with Crippen LogP contribution in [-0.2, 0) is 15.8 Å². The summed E-state index contributed by atoms with van der Waals surface area (Å²) in [6.07, 6.45) is -4.63. The van der Waals surface area contributed by atoms with E-state index in [2.05, 4.69) is 10.5 Å². The van der Waals surface area contributed by atoms with E-state index < -0.39 is 41.3 Å². The van der Waals surface area contributed by atoms with E-state index in [0.29, 0.717) is 10.6 Å². The summed E-state index contributed by atoms with van der Waals surface area (Å²) >= 11 is 0. The highest BCUT2D eigenvalue weighted by Gasteiger charge is 2.55. The van der Waals surface area contributed by atoms with Crippen molar-refractivity contribution in [1.82, 2.24) is 5.43 Å². The van der Waals surface area contributed by atoms with Crippen LogP contribution in [0.2, 0.25) is 0 Å². The third-order valence-corrected chi connectivity index (χ3v) is 4.94. The predicted octanol–water partition coefficient (Wildman–Crippen LogP) is 2.41. The molecule has 2 aromatic rings. The normalized spacial score (nSPS) is 20.7. The second kappa shape index (κ2) is 6.97. The molecule has 2 aromatic carbocycles. The maximum absolute atomic E-state index is 13.0. The van der Waals surface area contributed by atoms with Crippen LogP contribution in [0.4, 0.5) is 18.9 Å². The summed E-state index contributed by atoms with van der Waals surface area (Å²) in [5.41, 5.74) is 1.33. The lowest BCUT2D eigenvalue weighted by Crippen LogP contribution is -2.36. The van der Waals surface area contributed by atoms with Crippen LogP contribution < -0.4 is 15.1 Å². The first kappa shape index (κ1) is 19.6. The quantitative estimate of drug-likeness (QED) is 0.610. The van der Waals surface area contributed by atoms with Crippen molar-refractivity contribution < 1.29 is 32.3 Å². The zero-order valence-corrected chi connectivity index (χ0v) is 15.4. The Morgan fingerprint density at radius 2 is 1.80 bits per heavy atom. The molecule has 0 spiro atoms. The number of hydrazone groups is 1. The Labute approximate surface area is 168 Å². The Balaban J connectivity index is 1.64. The first-order valence-corrected chi connectivity index (χ1v) is 8.79. The number of rotatable bonds is 4. The molecule has 2 aliphatic rings. The van der Waals surface area contributed by atoms with Crippen molar-refractivity contribution in [1.29, 1.82) is 0 Å². The lowest BCUT2D eigenvalue weighted by atomic mass is 9.92. The highest BCUT2D eigenvalue weighted by Crippen LogP contribution is 2.35. The molecule has 1 saturated heterocycles. The predicted molar refractivity (Wildman–Crippen MR) is 99.1 cm³/mol. The molecule has 2 heterocycles. The number of ketones is 1. The SMILES string of the molecule is COc1ccc(C(=O)C2=NN[C@@H]3C(=O)N(c4cccc(C(F)(F)F)c4)C(=O)[C@H]23)cc1. The second-order valence-electron chi connectivity index (χ2n) is 6.70. The minimum absolute atomic E-state index is 0.169. The molecule has 30 heavy (non-hydrogen) atoms. The van der Waals surface area contributed by atoms with Crippen LogP contribution >= 0.6 is 0 Å². The molecule has 2 aliphatic heterocycles. The maximum Gasteiger partial charge on any atom is 0.416 e. The van der Waals surface area contributed by atoms with Crippen molar-refractivity contribution in [3.8, 4) is 5.75 Å². The number of amides is 2. The van der Waals surface area contributed by atoms with E-state index in [9.17, 15) is 27.6 Å². The van der Waals surface area contributed by atoms with E-state index in [4.69, 9.17) is 4.74 Å². The topological polar surface area (TPSA) is 88.1 Å². The van der Waals surface area contributed by atoms with E-state index in [1.807, 2.05) is 0 Å². The number of Topliss-reactive ketones (excluding diaryl/α,β-unsaturated/α-hetero) is 1. The monoisotopic (exact) mass is 417 g/mol. The molecule has 0 unspecified atom stereocenters. The zero-order valence-electron chi connectivity index (χ0n) is 15.4. The number of carbonyl (C=O) groups excluding carboxylic acids is 3. The van der Waals surface area contributed by atoms with E-state index >= 15 is 0 Å². The van der Waals surface area contributed by atoms with Gasteiger partial charge in [-0.1, -0.05) is 6.07 Å². The van der Waals surface area contributed by atoms with Crippen molar-refractivity contribution in [3.63, 3.8) is 0 Å². The summed E-state index contributed by atoms with van der Waals surface area (Å²) in [7, 11) is 1.47. The molecule has 1 N–H and O–H groups in total. The number of benzene rings is 2. The number of hydrogen-bond donors (Lipinski definition) is 1. The Morgan fingerprint density at radius 3 is 2.43 bits per heavy atom. The number of alkyl halides is 3. The summed E-state index contributed by atoms with van der Waals surface area (Å²) in [4.78, 5) is 39.1. The molecule has 154 valence electrons. The van der Waals surface area contributed by atoms with Crippen LogP contribution in [0.5, 0.6) is 5.75 Å². The van der Waals surface area contributed by atoms with Crippen LogP contribution in [-0.4, -0.2) is 36.5 Å². The highest BCUT2D eigenvalue weighted by atomic mass is 19.4. The molecule has 10 heteroatoms. The van der Waals surface area contributed by atoms with Gasteiger partial charge in [-0.15, -0.1) is 0 Å². The first-order valence-electron chi connectivity index (χ1n) is 8.79. The molecular formula is C20H14F3N3O4. The van der Waals surface area contributed by atoms with Gasteiger partial charge in [-0.05, 0) is 42.5 Å². The molecule has 0 aliphatic carbocycles. The molecule has 7 nitrogen and oxygen atoms in total. The summed E-state index contributed by atoms with van der Waals surface area (Å²) < 4.78 is 44.1. The fourth-order valence-electron chi connectivity index (χ4n) is 3.44. The third kappa shape index (κ3) is 3.10. The van der Waals surface area contributed by atoms with Crippen molar-refractivity contribution in [3.05, 3.63) is 59.7 Å². The molecule has 1 fully saturated rings. The Morgan fingerprint density at radius 1 is 1.10 bits per heavy atom. The number of anilines is 1. The number of nitrogens with one attached hydrogen (secondary N) is 1. The lowest BCUT2D eigenvalue weighted by Gasteiger charge is -2.17. The summed E-state index contributed by atoms with van der Waals surface area (Å²) in [6.45, 7) is 0. The van der Waals surface area contributed by atoms with Gasteiger partial charge >= 0.3 is 6.18 Å². The molecule has 0 bridgehead atoms. The Hall–Kier alpha value is -3.69. The number of hydrogen-bond acceptors (Lipinski definition) is 6. The molecule has 4 rings (SSSR count). The minimum atomic E-state index is -4.63. The number of carbonyl (C=O) groups is 3. The van der Waals surface area contributed by atoms with Crippen LogP contribution in [0.15, 0.2) is 53.6 Å². The summed E-state index contributed by atoms with van der Waals surface area (Å²) in [5, 5.41) is 3.86. The van der Waals surface area contributed by atoms with E-state index in [1.165, 1.54) is 25.3 Å². The fourth-order valence-corrected chi connectivity index (χ4v) is 3.44. The smallest absolute Gasteiger partial charge is 0.416 e. The van der Waals surface area contributed by atoms with Gasteiger partial charge in [0.1, 0.15) is 23.4 Å². The molecule has 0 radical (unpaired) electrons. The number of methoxy groups -OCH3 is 1. The van der Waals surface area contributed by atoms with Crippen LogP contribution in [0, 0.1) is 5.92 Å². The van der Waals surface area contributed by atoms with Gasteiger partial charge in [0.2, 0.25) is 11.7 Å². The van der Waals surface area contributed by atoms with Crippen LogP contribution in [0.3, 0.4) is 0 Å². The van der Waals surface area contributed by atoms with Gasteiger partial charge in [-0.3, -0.25) is 19.8 Å². The van der Waals surface area contributed by atoms with Gasteiger partial charge in [0.15, 0.2) is 0 Å². The average molecular weight is 417 g/mol. The lowest BCUT2D eigenvalue weighted by molar-refractivity contribution is -0.137. The van der Waals surface area contributed by atoms with Gasteiger partial charge in [0.25, 0.3) is 5.91 Å². The van der Waals surface area contributed by atoms with Gasteiger partial charge < -0.3 is 4.74 Å². The summed E-state index contributed by atoms with van der Waals surface area (Å²) in [6, 6.07) is 8.85. The molecule has 2 atom stereocenters. The van der Waals surface area contributed by atoms with Crippen molar-refractivity contribution in [2.24, 2.45) is 11.0 Å². The van der Waals surface area contributed by atoms with Gasteiger partial charge in [0.05, 0.1) is 18.4 Å².